The number of rotatable bonds is 2. The number of nitrogens with one attached hydrogen (secondary N) is 2. The fourth-order valence-corrected chi connectivity index (χ4v) is 0.793. The van der Waals surface area contributed by atoms with Crippen LogP contribution in [0.15, 0.2) is 30.3 Å². The maximum atomic E-state index is 6.91. The predicted molar refractivity (Wildman–Crippen MR) is 52.4 cm³/mol. The Labute approximate surface area is 77.9 Å². The van der Waals surface area contributed by atoms with E-state index in [0.717, 1.165) is 5.56 Å². The molecule has 0 radical (unpaired) electrons. The van der Waals surface area contributed by atoms with E-state index in [9.17, 15) is 0 Å². The average molecular weight is 186 g/mol. The van der Waals surface area contributed by atoms with E-state index in [1.807, 2.05) is 30.3 Å². The molecule has 4 N–H and O–H groups in total. The van der Waals surface area contributed by atoms with Crippen LogP contribution in [-0.4, -0.2) is 5.96 Å². The molecular formula is C8H12ClN3. The molecule has 0 saturated carbocycles. The molecule has 0 aliphatic carbocycles. The first kappa shape index (κ1) is 10.8. The average Bonchev–Trinajstić information content (AvgIpc) is 2.03. The Morgan fingerprint density at radius 3 is 2.42 bits per heavy atom. The van der Waals surface area contributed by atoms with Crippen LogP contribution in [0.3, 0.4) is 0 Å². The third kappa shape index (κ3) is 3.83. The lowest BCUT2D eigenvalue weighted by Gasteiger charge is -2.01. The largest absolute Gasteiger partial charge is 0.370 e. The number of hydrogen-bond donors (Lipinski definition) is 3. The molecule has 12 heavy (non-hydrogen) atoms. The minimum Gasteiger partial charge on any atom is -0.370 e. The number of benzene rings is 1. The van der Waals surface area contributed by atoms with Gasteiger partial charge in [-0.3, -0.25) is 5.41 Å². The summed E-state index contributed by atoms with van der Waals surface area (Å²) in [5, 5.41) is 9.63. The highest BCUT2D eigenvalue weighted by Crippen LogP contribution is 1.96. The minimum atomic E-state index is 0. The lowest BCUT2D eigenvalue weighted by Crippen LogP contribution is -2.29. The molecule has 0 spiro atoms. The third-order valence-electron chi connectivity index (χ3n) is 1.33. The molecule has 0 aliphatic rings. The molecule has 0 heterocycles. The van der Waals surface area contributed by atoms with Gasteiger partial charge >= 0.3 is 0 Å². The molecule has 0 atom stereocenters. The summed E-state index contributed by atoms with van der Waals surface area (Å²) >= 11 is 0. The van der Waals surface area contributed by atoms with Gasteiger partial charge in [0.25, 0.3) is 0 Å². The van der Waals surface area contributed by atoms with Crippen molar-refractivity contribution in [2.75, 3.05) is 0 Å². The van der Waals surface area contributed by atoms with Gasteiger partial charge in [-0.2, -0.15) is 0 Å². The zero-order valence-electron chi connectivity index (χ0n) is 6.58. The maximum absolute atomic E-state index is 6.91. The van der Waals surface area contributed by atoms with E-state index < -0.39 is 0 Å². The molecular weight excluding hydrogens is 174 g/mol. The van der Waals surface area contributed by atoms with Crippen LogP contribution in [0.1, 0.15) is 5.56 Å². The third-order valence-corrected chi connectivity index (χ3v) is 1.33. The van der Waals surface area contributed by atoms with Gasteiger partial charge in [-0.1, -0.05) is 30.3 Å². The Balaban J connectivity index is 0.00000121. The van der Waals surface area contributed by atoms with Gasteiger partial charge in [0, 0.05) is 6.54 Å². The molecule has 0 aromatic heterocycles. The van der Waals surface area contributed by atoms with Crippen LogP contribution in [-0.2, 0) is 6.54 Å². The van der Waals surface area contributed by atoms with Gasteiger partial charge in [-0.25, -0.2) is 0 Å². The topological polar surface area (TPSA) is 61.9 Å². The second-order valence-electron chi connectivity index (χ2n) is 2.25. The predicted octanol–water partition coefficient (Wildman–Crippen LogP) is 1.09. The Hall–Kier alpha value is -1.22. The molecule has 4 heteroatoms. The zero-order chi connectivity index (χ0) is 8.10. The summed E-state index contributed by atoms with van der Waals surface area (Å²) in [7, 11) is 0. The fourth-order valence-electron chi connectivity index (χ4n) is 0.793. The molecule has 0 aliphatic heterocycles. The Bertz CT molecular complexity index is 235. The molecule has 3 nitrogen and oxygen atoms in total. The van der Waals surface area contributed by atoms with Gasteiger partial charge in [-0.15, -0.1) is 12.4 Å². The summed E-state index contributed by atoms with van der Waals surface area (Å²) in [6.07, 6.45) is 0. The van der Waals surface area contributed by atoms with Crippen molar-refractivity contribution in [1.82, 2.24) is 5.32 Å². The molecule has 0 saturated heterocycles. The van der Waals surface area contributed by atoms with Crippen LogP contribution in [0.2, 0.25) is 0 Å². The summed E-state index contributed by atoms with van der Waals surface area (Å²) in [5.41, 5.74) is 6.24. The van der Waals surface area contributed by atoms with Gasteiger partial charge in [0.2, 0.25) is 0 Å². The van der Waals surface area contributed by atoms with E-state index in [2.05, 4.69) is 5.32 Å². The summed E-state index contributed by atoms with van der Waals surface area (Å²) in [6, 6.07) is 9.83. The van der Waals surface area contributed by atoms with Crippen LogP contribution >= 0.6 is 12.4 Å². The summed E-state index contributed by atoms with van der Waals surface area (Å²) in [6.45, 7) is 0.621. The second kappa shape index (κ2) is 5.43. The van der Waals surface area contributed by atoms with Crippen LogP contribution in [0.5, 0.6) is 0 Å². The first-order valence-electron chi connectivity index (χ1n) is 3.41. The SMILES string of the molecule is Cl.N=C(N)NCc1ccccc1. The Kier molecular flexibility index (Phi) is 4.88. The van der Waals surface area contributed by atoms with Crippen molar-refractivity contribution in [3.8, 4) is 0 Å². The summed E-state index contributed by atoms with van der Waals surface area (Å²) < 4.78 is 0. The highest BCUT2D eigenvalue weighted by atomic mass is 35.5. The lowest BCUT2D eigenvalue weighted by molar-refractivity contribution is 0.897. The van der Waals surface area contributed by atoms with E-state index in [0.29, 0.717) is 6.54 Å². The molecule has 0 fully saturated rings. The quantitative estimate of drug-likeness (QED) is 0.477. The van der Waals surface area contributed by atoms with Crippen LogP contribution in [0, 0.1) is 5.41 Å². The fraction of sp³-hybridized carbons (Fsp3) is 0.125. The van der Waals surface area contributed by atoms with Crippen LogP contribution in [0.4, 0.5) is 0 Å². The molecule has 0 unspecified atom stereocenters. The molecule has 0 amide bonds. The van der Waals surface area contributed by atoms with Crippen molar-refractivity contribution in [2.24, 2.45) is 5.73 Å². The second-order valence-corrected chi connectivity index (χ2v) is 2.25. The Morgan fingerprint density at radius 2 is 1.92 bits per heavy atom. The highest BCUT2D eigenvalue weighted by Gasteiger charge is 1.89. The zero-order valence-corrected chi connectivity index (χ0v) is 7.40. The van der Waals surface area contributed by atoms with E-state index in [1.165, 1.54) is 0 Å². The summed E-state index contributed by atoms with van der Waals surface area (Å²) in [5.74, 6) is 0.00820. The van der Waals surface area contributed by atoms with Gasteiger partial charge in [0.15, 0.2) is 5.96 Å². The smallest absolute Gasteiger partial charge is 0.185 e. The van der Waals surface area contributed by atoms with Gasteiger partial charge in [-0.05, 0) is 5.56 Å². The number of hydrogen-bond acceptors (Lipinski definition) is 1. The number of halogens is 1. The van der Waals surface area contributed by atoms with Crippen molar-refractivity contribution < 1.29 is 0 Å². The van der Waals surface area contributed by atoms with Crippen molar-refractivity contribution in [1.29, 1.82) is 5.41 Å². The molecule has 1 aromatic rings. The normalized spacial score (nSPS) is 8.33. The van der Waals surface area contributed by atoms with E-state index in [-0.39, 0.29) is 18.4 Å². The summed E-state index contributed by atoms with van der Waals surface area (Å²) in [4.78, 5) is 0. The standard InChI is InChI=1S/C8H11N3.ClH/c9-8(10)11-6-7-4-2-1-3-5-7;/h1-5H,6H2,(H4,9,10,11);1H. The van der Waals surface area contributed by atoms with Crippen molar-refractivity contribution in [3.63, 3.8) is 0 Å². The Morgan fingerprint density at radius 1 is 1.33 bits per heavy atom. The first-order valence-corrected chi connectivity index (χ1v) is 3.41. The van der Waals surface area contributed by atoms with E-state index in [4.69, 9.17) is 11.1 Å². The monoisotopic (exact) mass is 185 g/mol. The van der Waals surface area contributed by atoms with Crippen LogP contribution < -0.4 is 11.1 Å². The van der Waals surface area contributed by atoms with Gasteiger partial charge in [0.1, 0.15) is 0 Å². The molecule has 1 aromatic carbocycles. The van der Waals surface area contributed by atoms with Crippen LogP contribution in [0.25, 0.3) is 0 Å². The number of nitrogens with two attached hydrogens (primary N) is 1. The van der Waals surface area contributed by atoms with Crippen molar-refractivity contribution in [2.45, 2.75) is 6.54 Å². The van der Waals surface area contributed by atoms with Crippen molar-refractivity contribution >= 4 is 18.4 Å². The maximum Gasteiger partial charge on any atom is 0.185 e. The van der Waals surface area contributed by atoms with Gasteiger partial charge < -0.3 is 11.1 Å². The molecule has 0 bridgehead atoms. The lowest BCUT2D eigenvalue weighted by atomic mass is 10.2. The van der Waals surface area contributed by atoms with Gasteiger partial charge in [0.05, 0.1) is 0 Å². The van der Waals surface area contributed by atoms with E-state index in [1.54, 1.807) is 0 Å². The first-order chi connectivity index (χ1) is 5.29. The minimum absolute atomic E-state index is 0. The molecule has 1 rings (SSSR count). The molecule has 66 valence electrons. The highest BCUT2D eigenvalue weighted by molar-refractivity contribution is 5.85. The van der Waals surface area contributed by atoms with E-state index >= 15 is 0 Å². The number of guanidine groups is 1. The van der Waals surface area contributed by atoms with Crippen molar-refractivity contribution in [3.05, 3.63) is 35.9 Å².